The first kappa shape index (κ1) is 20.1. The van der Waals surface area contributed by atoms with Gasteiger partial charge in [-0.3, -0.25) is 4.90 Å². The molecule has 1 saturated heterocycles. The fraction of sp³-hybridized carbons (Fsp3) is 0.409. The van der Waals surface area contributed by atoms with Crippen molar-refractivity contribution in [3.8, 4) is 0 Å². The molecule has 6 nitrogen and oxygen atoms in total. The van der Waals surface area contributed by atoms with Crippen LogP contribution in [0.3, 0.4) is 0 Å². The molecular formula is C22H27N3O3S. The normalized spacial score (nSPS) is 16.7. The molecule has 0 radical (unpaired) electrons. The topological polar surface area (TPSA) is 66.7 Å². The number of piperazine rings is 1. The summed E-state index contributed by atoms with van der Waals surface area (Å²) in [5.41, 5.74) is 3.94. The molecule has 2 aromatic carbocycles. The van der Waals surface area contributed by atoms with E-state index >= 15 is 0 Å². The second-order valence-electron chi connectivity index (χ2n) is 7.98. The first-order chi connectivity index (χ1) is 13.8. The minimum absolute atomic E-state index is 0.365. The number of oxazole rings is 1. The van der Waals surface area contributed by atoms with E-state index in [1.54, 1.807) is 16.4 Å². The van der Waals surface area contributed by atoms with Gasteiger partial charge in [-0.25, -0.2) is 13.4 Å². The average molecular weight is 414 g/mol. The van der Waals surface area contributed by atoms with E-state index in [1.807, 2.05) is 37.3 Å². The highest BCUT2D eigenvalue weighted by molar-refractivity contribution is 7.89. The molecule has 0 unspecified atom stereocenters. The smallest absolute Gasteiger partial charge is 0.243 e. The minimum Gasteiger partial charge on any atom is -0.439 e. The molecule has 0 N–H and O–H groups in total. The predicted molar refractivity (Wildman–Crippen MR) is 113 cm³/mol. The number of rotatable bonds is 5. The molecule has 3 aromatic rings. The molecule has 0 bridgehead atoms. The van der Waals surface area contributed by atoms with Crippen LogP contribution in [0, 0.1) is 6.92 Å². The van der Waals surface area contributed by atoms with Crippen molar-refractivity contribution in [2.75, 3.05) is 26.2 Å². The van der Waals surface area contributed by atoms with Crippen molar-refractivity contribution in [1.29, 1.82) is 0 Å². The maximum absolute atomic E-state index is 13.0. The third kappa shape index (κ3) is 4.22. The van der Waals surface area contributed by atoms with Gasteiger partial charge >= 0.3 is 0 Å². The molecular weight excluding hydrogens is 386 g/mol. The zero-order chi connectivity index (χ0) is 20.6. The molecule has 0 amide bonds. The third-order valence-corrected chi connectivity index (χ3v) is 7.38. The van der Waals surface area contributed by atoms with Crippen LogP contribution in [0.25, 0.3) is 11.1 Å². The molecule has 0 spiro atoms. The first-order valence-electron chi connectivity index (χ1n) is 10.0. The van der Waals surface area contributed by atoms with Crippen LogP contribution in [0.2, 0.25) is 0 Å². The van der Waals surface area contributed by atoms with Crippen LogP contribution in [0.4, 0.5) is 0 Å². The maximum atomic E-state index is 13.0. The lowest BCUT2D eigenvalue weighted by atomic mass is 10.0. The van der Waals surface area contributed by atoms with Gasteiger partial charge in [-0.15, -0.1) is 0 Å². The Morgan fingerprint density at radius 1 is 1.03 bits per heavy atom. The van der Waals surface area contributed by atoms with E-state index in [9.17, 15) is 8.42 Å². The molecule has 2 heterocycles. The van der Waals surface area contributed by atoms with Crippen molar-refractivity contribution < 1.29 is 12.8 Å². The van der Waals surface area contributed by atoms with Gasteiger partial charge in [0.15, 0.2) is 5.58 Å². The van der Waals surface area contributed by atoms with Crippen molar-refractivity contribution in [2.45, 2.75) is 38.1 Å². The Kier molecular flexibility index (Phi) is 5.46. The van der Waals surface area contributed by atoms with Crippen molar-refractivity contribution >= 4 is 21.1 Å². The van der Waals surface area contributed by atoms with Crippen LogP contribution >= 0.6 is 0 Å². The van der Waals surface area contributed by atoms with E-state index in [0.717, 1.165) is 22.2 Å². The number of hydrogen-bond donors (Lipinski definition) is 0. The van der Waals surface area contributed by atoms with Crippen LogP contribution in [-0.4, -0.2) is 48.8 Å². The highest BCUT2D eigenvalue weighted by Crippen LogP contribution is 2.22. The van der Waals surface area contributed by atoms with Gasteiger partial charge in [-0.2, -0.15) is 4.31 Å². The monoisotopic (exact) mass is 413 g/mol. The van der Waals surface area contributed by atoms with Gasteiger partial charge in [0.25, 0.3) is 0 Å². The van der Waals surface area contributed by atoms with Gasteiger partial charge < -0.3 is 4.42 Å². The van der Waals surface area contributed by atoms with Crippen LogP contribution in [0.15, 0.2) is 51.8 Å². The quantitative estimate of drug-likeness (QED) is 0.637. The Labute approximate surface area is 172 Å². The Morgan fingerprint density at radius 3 is 2.38 bits per heavy atom. The minimum atomic E-state index is -3.46. The summed E-state index contributed by atoms with van der Waals surface area (Å²) in [6.45, 7) is 9.05. The Hall–Kier alpha value is -2.22. The number of nitrogens with zero attached hydrogens (tertiary/aromatic N) is 3. The third-order valence-electron chi connectivity index (χ3n) is 5.46. The Balaban J connectivity index is 1.40. The van der Waals surface area contributed by atoms with Gasteiger partial charge in [-0.05, 0) is 48.2 Å². The number of benzene rings is 2. The molecule has 1 fully saturated rings. The maximum Gasteiger partial charge on any atom is 0.243 e. The Morgan fingerprint density at radius 2 is 1.72 bits per heavy atom. The van der Waals surface area contributed by atoms with Crippen molar-refractivity contribution in [3.05, 3.63) is 59.5 Å². The van der Waals surface area contributed by atoms with Crippen molar-refractivity contribution in [3.63, 3.8) is 0 Å². The van der Waals surface area contributed by atoms with E-state index in [4.69, 9.17) is 4.42 Å². The zero-order valence-corrected chi connectivity index (χ0v) is 17.9. The van der Waals surface area contributed by atoms with Crippen LogP contribution < -0.4 is 0 Å². The number of fused-ring (bicyclic) bond motifs is 1. The molecule has 1 aliphatic rings. The van der Waals surface area contributed by atoms with Crippen molar-refractivity contribution in [2.24, 2.45) is 0 Å². The van der Waals surface area contributed by atoms with E-state index in [-0.39, 0.29) is 0 Å². The summed E-state index contributed by atoms with van der Waals surface area (Å²) in [6.07, 6.45) is 0. The Bertz CT molecular complexity index is 1100. The van der Waals surface area contributed by atoms with Gasteiger partial charge in [0, 0.05) is 26.2 Å². The number of aryl methyl sites for hydroxylation is 1. The zero-order valence-electron chi connectivity index (χ0n) is 17.1. The van der Waals surface area contributed by atoms with E-state index in [2.05, 4.69) is 23.7 Å². The van der Waals surface area contributed by atoms with Crippen LogP contribution in [-0.2, 0) is 16.6 Å². The number of hydrogen-bond acceptors (Lipinski definition) is 5. The lowest BCUT2D eigenvalue weighted by Crippen LogP contribution is -2.48. The predicted octanol–water partition coefficient (Wildman–Crippen LogP) is 3.77. The lowest BCUT2D eigenvalue weighted by Gasteiger charge is -2.33. The molecule has 0 saturated carbocycles. The highest BCUT2D eigenvalue weighted by atomic mass is 32.2. The SMILES string of the molecule is Cc1ccc2nc(CN3CCN(S(=O)(=O)c4ccc(C(C)C)cc4)CC3)oc2c1. The second-order valence-corrected chi connectivity index (χ2v) is 9.92. The first-order valence-corrected chi connectivity index (χ1v) is 11.5. The standard InChI is InChI=1S/C22H27N3O3S/c1-16(2)18-5-7-19(8-6-18)29(26,27)25-12-10-24(11-13-25)15-22-23-20-9-4-17(3)14-21(20)28-22/h4-9,14,16H,10-13,15H2,1-3H3. The second kappa shape index (κ2) is 7.89. The molecule has 0 aliphatic carbocycles. The molecule has 154 valence electrons. The molecule has 7 heteroatoms. The average Bonchev–Trinajstić information content (AvgIpc) is 3.09. The molecule has 1 aromatic heterocycles. The van der Waals surface area contributed by atoms with Crippen LogP contribution in [0.1, 0.15) is 36.8 Å². The summed E-state index contributed by atoms with van der Waals surface area (Å²) in [5, 5.41) is 0. The summed E-state index contributed by atoms with van der Waals surface area (Å²) >= 11 is 0. The summed E-state index contributed by atoms with van der Waals surface area (Å²) in [6, 6.07) is 13.2. The summed E-state index contributed by atoms with van der Waals surface area (Å²) in [4.78, 5) is 7.10. The summed E-state index contributed by atoms with van der Waals surface area (Å²) < 4.78 is 33.4. The van der Waals surface area contributed by atoms with Gasteiger partial charge in [0.1, 0.15) is 5.52 Å². The summed E-state index contributed by atoms with van der Waals surface area (Å²) in [5.74, 6) is 1.05. The highest BCUT2D eigenvalue weighted by Gasteiger charge is 2.29. The van der Waals surface area contributed by atoms with E-state index in [1.165, 1.54) is 0 Å². The fourth-order valence-electron chi connectivity index (χ4n) is 3.64. The molecule has 1 aliphatic heterocycles. The number of sulfonamides is 1. The van der Waals surface area contributed by atoms with Gasteiger partial charge in [0.05, 0.1) is 11.4 Å². The lowest BCUT2D eigenvalue weighted by molar-refractivity contribution is 0.169. The molecule has 4 rings (SSSR count). The van der Waals surface area contributed by atoms with Crippen molar-refractivity contribution in [1.82, 2.24) is 14.2 Å². The van der Waals surface area contributed by atoms with Crippen LogP contribution in [0.5, 0.6) is 0 Å². The van der Waals surface area contributed by atoms with Gasteiger partial charge in [-0.1, -0.05) is 32.0 Å². The van der Waals surface area contributed by atoms with E-state index < -0.39 is 10.0 Å². The summed E-state index contributed by atoms with van der Waals surface area (Å²) in [7, 11) is -3.46. The molecule has 29 heavy (non-hydrogen) atoms. The number of aromatic nitrogens is 1. The molecule has 0 atom stereocenters. The van der Waals surface area contributed by atoms with Gasteiger partial charge in [0.2, 0.25) is 15.9 Å². The fourth-order valence-corrected chi connectivity index (χ4v) is 5.06. The van der Waals surface area contributed by atoms with E-state index in [0.29, 0.717) is 49.4 Å². The largest absolute Gasteiger partial charge is 0.439 e.